The number of benzene rings is 3. The van der Waals surface area contributed by atoms with Crippen molar-refractivity contribution in [3.8, 4) is 0 Å². The fraction of sp³-hybridized carbons (Fsp3) is 0. The van der Waals surface area contributed by atoms with Gasteiger partial charge in [-0.1, -0.05) is 36.4 Å². The Labute approximate surface area is 129 Å². The largest absolute Gasteiger partial charge is 0.399 e. The minimum absolute atomic E-state index is 0.835. The van der Waals surface area contributed by atoms with Crippen molar-refractivity contribution < 1.29 is 0 Å². The van der Waals surface area contributed by atoms with Crippen molar-refractivity contribution in [2.45, 2.75) is 0 Å². The molecule has 0 aliphatic carbocycles. The molecule has 21 heavy (non-hydrogen) atoms. The van der Waals surface area contributed by atoms with Crippen LogP contribution in [0.3, 0.4) is 0 Å². The van der Waals surface area contributed by atoms with Gasteiger partial charge in [0.05, 0.1) is 9.40 Å². The summed E-state index contributed by atoms with van der Waals surface area (Å²) in [5, 5.41) is 5.37. The lowest BCUT2D eigenvalue weighted by Gasteiger charge is -1.94. The molecule has 0 saturated heterocycles. The quantitative estimate of drug-likeness (QED) is 0.349. The van der Waals surface area contributed by atoms with E-state index in [4.69, 9.17) is 5.73 Å². The summed E-state index contributed by atoms with van der Waals surface area (Å²) in [6.45, 7) is 0. The Morgan fingerprint density at radius 1 is 0.619 bits per heavy atom. The molecule has 0 unspecified atom stereocenters. The lowest BCUT2D eigenvalue weighted by Crippen LogP contribution is -1.80. The molecule has 0 spiro atoms. The minimum Gasteiger partial charge on any atom is -0.399 e. The van der Waals surface area contributed by atoms with Crippen LogP contribution in [-0.4, -0.2) is 0 Å². The second-order valence-corrected chi connectivity index (χ2v) is 7.38. The van der Waals surface area contributed by atoms with Gasteiger partial charge in [0.2, 0.25) is 0 Å². The third-order valence-electron chi connectivity index (χ3n) is 4.01. The van der Waals surface area contributed by atoms with Gasteiger partial charge < -0.3 is 5.73 Å². The summed E-state index contributed by atoms with van der Waals surface area (Å²) in [4.78, 5) is 0. The van der Waals surface area contributed by atoms with Crippen LogP contribution in [-0.2, 0) is 0 Å². The van der Waals surface area contributed by atoms with E-state index in [0.717, 1.165) is 5.69 Å². The summed E-state index contributed by atoms with van der Waals surface area (Å²) in [7, 11) is 0. The van der Waals surface area contributed by atoms with Crippen LogP contribution in [0.1, 0.15) is 0 Å². The number of rotatable bonds is 0. The Morgan fingerprint density at radius 3 is 2.05 bits per heavy atom. The number of nitrogens with two attached hydrogens (primary N) is 1. The molecule has 0 fully saturated rings. The van der Waals surface area contributed by atoms with Gasteiger partial charge in [-0.05, 0) is 18.2 Å². The summed E-state index contributed by atoms with van der Waals surface area (Å²) in [6, 6.07) is 19.4. The Hall–Kier alpha value is -2.10. The molecule has 1 nitrogen and oxygen atoms in total. The molecule has 0 bridgehead atoms. The van der Waals surface area contributed by atoms with Gasteiger partial charge in [0.25, 0.3) is 0 Å². The molecule has 3 heteroatoms. The third kappa shape index (κ3) is 1.50. The highest BCUT2D eigenvalue weighted by Crippen LogP contribution is 2.44. The van der Waals surface area contributed by atoms with E-state index in [1.807, 2.05) is 28.7 Å². The first-order valence-corrected chi connectivity index (χ1v) is 8.46. The van der Waals surface area contributed by atoms with Gasteiger partial charge in [-0.3, -0.25) is 0 Å². The molecule has 2 aromatic heterocycles. The first-order chi connectivity index (χ1) is 10.3. The van der Waals surface area contributed by atoms with E-state index in [2.05, 4.69) is 48.5 Å². The Bertz CT molecular complexity index is 1150. The summed E-state index contributed by atoms with van der Waals surface area (Å²) in [6.07, 6.45) is 0. The normalized spacial score (nSPS) is 12.0. The highest BCUT2D eigenvalue weighted by Gasteiger charge is 2.12. The lowest BCUT2D eigenvalue weighted by atomic mass is 10.1. The maximum Gasteiger partial charge on any atom is 0.0534 e. The summed E-state index contributed by atoms with van der Waals surface area (Å²) >= 11 is 3.74. The van der Waals surface area contributed by atoms with Crippen LogP contribution in [0.4, 0.5) is 5.69 Å². The average Bonchev–Trinajstić information content (AvgIpc) is 3.04. The van der Waals surface area contributed by atoms with E-state index in [1.165, 1.54) is 40.3 Å². The van der Waals surface area contributed by atoms with Gasteiger partial charge >= 0.3 is 0 Å². The standard InChI is InChI=1S/C18H11NS2/c19-10-5-6-12-14-8-7-13-11-3-1-2-4-15(11)20-17(13)18(14)21-16(12)9-10/h1-9H,19H2. The van der Waals surface area contributed by atoms with Gasteiger partial charge in [0.1, 0.15) is 0 Å². The first kappa shape index (κ1) is 11.5. The average molecular weight is 305 g/mol. The van der Waals surface area contributed by atoms with Gasteiger partial charge in [-0.15, -0.1) is 22.7 Å². The molecule has 5 aromatic rings. The third-order valence-corrected chi connectivity index (χ3v) is 6.53. The number of nitrogen functional groups attached to an aromatic ring is 1. The van der Waals surface area contributed by atoms with Crippen molar-refractivity contribution in [3.05, 3.63) is 54.6 Å². The van der Waals surface area contributed by atoms with Crippen LogP contribution in [0.2, 0.25) is 0 Å². The van der Waals surface area contributed by atoms with Crippen LogP contribution in [0.15, 0.2) is 54.6 Å². The van der Waals surface area contributed by atoms with Crippen LogP contribution >= 0.6 is 22.7 Å². The summed E-state index contributed by atoms with van der Waals surface area (Å²) in [5.41, 5.74) is 6.76. The SMILES string of the molecule is Nc1ccc2c(c1)sc1c2ccc2c3ccccc3sc21. The molecule has 0 aliphatic heterocycles. The first-order valence-electron chi connectivity index (χ1n) is 6.83. The van der Waals surface area contributed by atoms with Crippen molar-refractivity contribution in [1.29, 1.82) is 0 Å². The smallest absolute Gasteiger partial charge is 0.0534 e. The fourth-order valence-electron chi connectivity index (χ4n) is 3.03. The zero-order valence-corrected chi connectivity index (χ0v) is 12.7. The van der Waals surface area contributed by atoms with E-state index < -0.39 is 0 Å². The number of hydrogen-bond acceptors (Lipinski definition) is 3. The number of thiophene rings is 2. The minimum atomic E-state index is 0.835. The molecule has 0 radical (unpaired) electrons. The van der Waals surface area contributed by atoms with Crippen molar-refractivity contribution in [2.24, 2.45) is 0 Å². The van der Waals surface area contributed by atoms with E-state index in [0.29, 0.717) is 0 Å². The molecular formula is C18H11NS2. The van der Waals surface area contributed by atoms with Crippen molar-refractivity contribution in [3.63, 3.8) is 0 Å². The van der Waals surface area contributed by atoms with Crippen LogP contribution in [0.25, 0.3) is 40.3 Å². The molecule has 5 rings (SSSR count). The molecule has 0 saturated carbocycles. The van der Waals surface area contributed by atoms with E-state index in [-0.39, 0.29) is 0 Å². The van der Waals surface area contributed by atoms with Gasteiger partial charge in [0, 0.05) is 36.6 Å². The van der Waals surface area contributed by atoms with Gasteiger partial charge in [-0.2, -0.15) is 0 Å². The second kappa shape index (κ2) is 3.97. The number of hydrogen-bond donors (Lipinski definition) is 1. The summed E-state index contributed by atoms with van der Waals surface area (Å²) < 4.78 is 5.41. The lowest BCUT2D eigenvalue weighted by molar-refractivity contribution is 1.80. The van der Waals surface area contributed by atoms with Crippen LogP contribution < -0.4 is 5.73 Å². The molecule has 0 aliphatic rings. The molecular weight excluding hydrogens is 294 g/mol. The van der Waals surface area contributed by atoms with Gasteiger partial charge in [-0.25, -0.2) is 0 Å². The molecule has 0 amide bonds. The van der Waals surface area contributed by atoms with E-state index >= 15 is 0 Å². The maximum atomic E-state index is 5.93. The Morgan fingerprint density at radius 2 is 1.24 bits per heavy atom. The molecule has 2 N–H and O–H groups in total. The predicted molar refractivity (Wildman–Crippen MR) is 96.6 cm³/mol. The summed E-state index contributed by atoms with van der Waals surface area (Å²) in [5.74, 6) is 0. The zero-order valence-electron chi connectivity index (χ0n) is 11.1. The van der Waals surface area contributed by atoms with Gasteiger partial charge in [0.15, 0.2) is 0 Å². The van der Waals surface area contributed by atoms with Crippen molar-refractivity contribution in [1.82, 2.24) is 0 Å². The Balaban J connectivity index is 2.06. The van der Waals surface area contributed by atoms with E-state index in [1.54, 1.807) is 0 Å². The molecule has 100 valence electrons. The highest BCUT2D eigenvalue weighted by atomic mass is 32.1. The Kier molecular flexibility index (Phi) is 2.18. The zero-order chi connectivity index (χ0) is 14.0. The van der Waals surface area contributed by atoms with Crippen LogP contribution in [0.5, 0.6) is 0 Å². The van der Waals surface area contributed by atoms with Crippen molar-refractivity contribution >= 4 is 68.7 Å². The number of anilines is 1. The topological polar surface area (TPSA) is 26.0 Å². The van der Waals surface area contributed by atoms with Crippen molar-refractivity contribution in [2.75, 3.05) is 5.73 Å². The number of fused-ring (bicyclic) bond motifs is 7. The predicted octanol–water partition coefficient (Wildman–Crippen LogP) is 6.00. The maximum absolute atomic E-state index is 5.93. The second-order valence-electron chi connectivity index (χ2n) is 5.27. The van der Waals surface area contributed by atoms with E-state index in [9.17, 15) is 0 Å². The monoisotopic (exact) mass is 305 g/mol. The highest BCUT2D eigenvalue weighted by molar-refractivity contribution is 7.33. The fourth-order valence-corrected chi connectivity index (χ4v) is 5.62. The molecule has 3 aromatic carbocycles. The molecule has 2 heterocycles. The molecule has 0 atom stereocenters. The van der Waals surface area contributed by atoms with Crippen LogP contribution in [0, 0.1) is 0 Å².